The number of anilines is 1. The van der Waals surface area contributed by atoms with Crippen LogP contribution in [0.25, 0.3) is 0 Å². The molecule has 0 aliphatic rings. The molecule has 0 aliphatic carbocycles. The summed E-state index contributed by atoms with van der Waals surface area (Å²) in [6.07, 6.45) is 4.87. The van der Waals surface area contributed by atoms with Crippen LogP contribution >= 0.6 is 0 Å². The van der Waals surface area contributed by atoms with Crippen LogP contribution in [0.2, 0.25) is 6.04 Å². The van der Waals surface area contributed by atoms with Gasteiger partial charge in [0.1, 0.15) is 0 Å². The van der Waals surface area contributed by atoms with Gasteiger partial charge in [0.25, 0.3) is 0 Å². The lowest BCUT2D eigenvalue weighted by Crippen LogP contribution is -2.27. The van der Waals surface area contributed by atoms with Crippen molar-refractivity contribution in [3.8, 4) is 0 Å². The van der Waals surface area contributed by atoms with Gasteiger partial charge in [-0.2, -0.15) is 0 Å². The van der Waals surface area contributed by atoms with Crippen LogP contribution in [0.4, 0.5) is 5.69 Å². The highest BCUT2D eigenvalue weighted by molar-refractivity contribution is 6.56. The summed E-state index contributed by atoms with van der Waals surface area (Å²) in [5.41, 5.74) is 8.99. The van der Waals surface area contributed by atoms with Crippen molar-refractivity contribution in [1.82, 2.24) is 0 Å². The molecule has 0 bridgehead atoms. The Morgan fingerprint density at radius 2 is 2.00 bits per heavy atom. The summed E-state index contributed by atoms with van der Waals surface area (Å²) in [7, 11) is 0.538. The molecular formula is C15H23NO2Si. The average molecular weight is 277 g/mol. The molecule has 0 atom stereocenters. The highest BCUT2D eigenvalue weighted by Crippen LogP contribution is 2.17. The van der Waals surface area contributed by atoms with Gasteiger partial charge in [-0.05, 0) is 36.2 Å². The minimum absolute atomic E-state index is 0.429. The van der Waals surface area contributed by atoms with Gasteiger partial charge in [-0.1, -0.05) is 38.7 Å². The Morgan fingerprint density at radius 1 is 1.32 bits per heavy atom. The SMILES string of the molecule is CCCCCC[Si]c1c(C(=O)O)cc(C)c(N)c1C. The maximum Gasteiger partial charge on any atom is 0.335 e. The summed E-state index contributed by atoms with van der Waals surface area (Å²) in [6.45, 7) is 5.99. The van der Waals surface area contributed by atoms with Crippen molar-refractivity contribution in [2.75, 3.05) is 5.73 Å². The second-order valence-electron chi connectivity index (χ2n) is 4.95. The van der Waals surface area contributed by atoms with Gasteiger partial charge in [-0.25, -0.2) is 4.79 Å². The highest BCUT2D eigenvalue weighted by Gasteiger charge is 2.16. The third-order valence-electron chi connectivity index (χ3n) is 3.40. The summed E-state index contributed by atoms with van der Waals surface area (Å²) >= 11 is 0. The number of carboxylic acid groups (broad SMARTS) is 1. The summed E-state index contributed by atoms with van der Waals surface area (Å²) in [6, 6.07) is 2.77. The van der Waals surface area contributed by atoms with E-state index in [0.29, 0.717) is 15.1 Å². The van der Waals surface area contributed by atoms with Crippen LogP contribution < -0.4 is 10.9 Å². The molecule has 0 fully saturated rings. The van der Waals surface area contributed by atoms with E-state index in [1.807, 2.05) is 13.8 Å². The molecule has 104 valence electrons. The Morgan fingerprint density at radius 3 is 2.58 bits per heavy atom. The van der Waals surface area contributed by atoms with Crippen LogP contribution in [0.3, 0.4) is 0 Å². The Balaban J connectivity index is 2.86. The van der Waals surface area contributed by atoms with E-state index in [4.69, 9.17) is 5.73 Å². The third kappa shape index (κ3) is 4.09. The molecule has 0 saturated carbocycles. The number of aromatic carboxylic acids is 1. The fraction of sp³-hybridized carbons (Fsp3) is 0.533. The third-order valence-corrected chi connectivity index (χ3v) is 5.00. The quantitative estimate of drug-likeness (QED) is 0.457. The van der Waals surface area contributed by atoms with Crippen LogP contribution in [0.15, 0.2) is 6.07 Å². The zero-order chi connectivity index (χ0) is 14.4. The summed E-state index contributed by atoms with van der Waals surface area (Å²) in [5.74, 6) is -0.845. The highest BCUT2D eigenvalue weighted by atomic mass is 28.2. The fourth-order valence-corrected chi connectivity index (χ4v) is 3.61. The van der Waals surface area contributed by atoms with E-state index in [0.717, 1.165) is 28.0 Å². The largest absolute Gasteiger partial charge is 0.478 e. The molecule has 1 aromatic carbocycles. The van der Waals surface area contributed by atoms with E-state index in [2.05, 4.69) is 6.92 Å². The Hall–Kier alpha value is -1.29. The number of rotatable bonds is 7. The maximum atomic E-state index is 11.3. The van der Waals surface area contributed by atoms with Crippen molar-refractivity contribution in [3.05, 3.63) is 22.8 Å². The zero-order valence-electron chi connectivity index (χ0n) is 12.0. The first-order valence-corrected chi connectivity index (χ1v) is 8.06. The van der Waals surface area contributed by atoms with Gasteiger partial charge < -0.3 is 10.8 Å². The standard InChI is InChI=1S/C15H23NO2Si/c1-4-5-6-7-8-19-14-11(3)13(16)10(2)9-12(14)15(17)18/h9H,4-8,16H2,1-3H3,(H,17,18). The number of carboxylic acids is 1. The van der Waals surface area contributed by atoms with Crippen molar-refractivity contribution in [1.29, 1.82) is 0 Å². The number of benzene rings is 1. The van der Waals surface area contributed by atoms with Crippen LogP contribution in [0.1, 0.15) is 54.1 Å². The van der Waals surface area contributed by atoms with Crippen LogP contribution in [-0.4, -0.2) is 20.6 Å². The van der Waals surface area contributed by atoms with Crippen LogP contribution in [0.5, 0.6) is 0 Å². The number of aryl methyl sites for hydroxylation is 1. The molecule has 1 rings (SSSR count). The molecule has 0 saturated heterocycles. The minimum atomic E-state index is -0.845. The molecule has 0 aromatic heterocycles. The number of nitrogen functional groups attached to an aromatic ring is 1. The predicted molar refractivity (Wildman–Crippen MR) is 81.6 cm³/mol. The molecule has 2 radical (unpaired) electrons. The van der Waals surface area contributed by atoms with Gasteiger partial charge in [0.05, 0.1) is 15.1 Å². The molecule has 0 aliphatic heterocycles. The molecule has 3 N–H and O–H groups in total. The molecule has 0 unspecified atom stereocenters. The van der Waals surface area contributed by atoms with Crippen molar-refractivity contribution < 1.29 is 9.90 Å². The van der Waals surface area contributed by atoms with Crippen molar-refractivity contribution in [2.45, 2.75) is 52.5 Å². The Labute approximate surface area is 118 Å². The lowest BCUT2D eigenvalue weighted by molar-refractivity contribution is 0.0698. The molecular weight excluding hydrogens is 254 g/mol. The van der Waals surface area contributed by atoms with Gasteiger partial charge in [0.2, 0.25) is 0 Å². The minimum Gasteiger partial charge on any atom is -0.478 e. The van der Waals surface area contributed by atoms with E-state index < -0.39 is 5.97 Å². The molecule has 4 heteroatoms. The van der Waals surface area contributed by atoms with Crippen molar-refractivity contribution >= 4 is 26.4 Å². The number of unbranched alkanes of at least 4 members (excludes halogenated alkanes) is 3. The first-order chi connectivity index (χ1) is 8.99. The molecule has 19 heavy (non-hydrogen) atoms. The molecule has 3 nitrogen and oxygen atoms in total. The van der Waals surface area contributed by atoms with Crippen molar-refractivity contribution in [3.63, 3.8) is 0 Å². The smallest absolute Gasteiger partial charge is 0.335 e. The lowest BCUT2D eigenvalue weighted by atomic mass is 10.0. The number of hydrogen-bond donors (Lipinski definition) is 2. The normalized spacial score (nSPS) is 10.7. The van der Waals surface area contributed by atoms with Gasteiger partial charge in [0.15, 0.2) is 0 Å². The summed E-state index contributed by atoms with van der Waals surface area (Å²) in [4.78, 5) is 11.3. The number of carbonyl (C=O) groups is 1. The van der Waals surface area contributed by atoms with Crippen LogP contribution in [-0.2, 0) is 0 Å². The average Bonchev–Trinajstić information content (AvgIpc) is 2.37. The monoisotopic (exact) mass is 277 g/mol. The van der Waals surface area contributed by atoms with Gasteiger partial charge in [0, 0.05) is 5.69 Å². The van der Waals surface area contributed by atoms with E-state index in [-0.39, 0.29) is 0 Å². The molecule has 0 spiro atoms. The van der Waals surface area contributed by atoms with Crippen LogP contribution in [0, 0.1) is 13.8 Å². The summed E-state index contributed by atoms with van der Waals surface area (Å²) < 4.78 is 0. The second-order valence-corrected chi connectivity index (χ2v) is 6.30. The van der Waals surface area contributed by atoms with Gasteiger partial charge in [-0.3, -0.25) is 0 Å². The van der Waals surface area contributed by atoms with Gasteiger partial charge >= 0.3 is 5.97 Å². The van der Waals surface area contributed by atoms with E-state index in [1.54, 1.807) is 6.07 Å². The predicted octanol–water partition coefficient (Wildman–Crippen LogP) is 2.91. The first-order valence-electron chi connectivity index (χ1n) is 6.85. The summed E-state index contributed by atoms with van der Waals surface area (Å²) in [5, 5.41) is 10.2. The number of hydrogen-bond acceptors (Lipinski definition) is 2. The van der Waals surface area contributed by atoms with E-state index in [9.17, 15) is 9.90 Å². The van der Waals surface area contributed by atoms with E-state index in [1.165, 1.54) is 25.7 Å². The fourth-order valence-electron chi connectivity index (χ4n) is 2.16. The van der Waals surface area contributed by atoms with Crippen molar-refractivity contribution in [2.24, 2.45) is 0 Å². The topological polar surface area (TPSA) is 63.3 Å². The first kappa shape index (κ1) is 15.8. The lowest BCUT2D eigenvalue weighted by Gasteiger charge is -2.14. The van der Waals surface area contributed by atoms with E-state index >= 15 is 0 Å². The Kier molecular flexibility index (Phi) is 6.08. The molecule has 1 aromatic rings. The second kappa shape index (κ2) is 7.33. The zero-order valence-corrected chi connectivity index (χ0v) is 13.0. The maximum absolute atomic E-state index is 11.3. The molecule has 0 heterocycles. The van der Waals surface area contributed by atoms with Gasteiger partial charge in [-0.15, -0.1) is 0 Å². The number of nitrogens with two attached hydrogens (primary N) is 1. The molecule has 0 amide bonds. The Bertz CT molecular complexity index is 458.